The quantitative estimate of drug-likeness (QED) is 0.596. The summed E-state index contributed by atoms with van der Waals surface area (Å²) in [7, 11) is -3.33. The Morgan fingerprint density at radius 3 is 2.71 bits per heavy atom. The summed E-state index contributed by atoms with van der Waals surface area (Å²) >= 11 is 0. The van der Waals surface area contributed by atoms with E-state index in [9.17, 15) is 13.2 Å². The van der Waals surface area contributed by atoms with Gasteiger partial charge in [0, 0.05) is 17.6 Å². The fourth-order valence-electron chi connectivity index (χ4n) is 3.26. The van der Waals surface area contributed by atoms with Crippen LogP contribution in [0.4, 0.5) is 11.5 Å². The van der Waals surface area contributed by atoms with Crippen molar-refractivity contribution in [2.24, 2.45) is 0 Å². The van der Waals surface area contributed by atoms with Crippen LogP contribution in [0.5, 0.6) is 0 Å². The number of nitrogens with one attached hydrogen (secondary N) is 2. The van der Waals surface area contributed by atoms with Crippen LogP contribution < -0.4 is 9.62 Å². The number of H-pyrrole nitrogens is 1. The van der Waals surface area contributed by atoms with Crippen molar-refractivity contribution in [2.45, 2.75) is 32.7 Å². The molecule has 3 aromatic rings. The lowest BCUT2D eigenvalue weighted by Gasteiger charge is -2.17. The Kier molecular flexibility index (Phi) is 4.58. The van der Waals surface area contributed by atoms with Gasteiger partial charge in [-0.15, -0.1) is 0 Å². The number of hydrogen-bond acceptors (Lipinski definition) is 4. The second-order valence-corrected chi connectivity index (χ2v) is 9.06. The second-order valence-electron chi connectivity index (χ2n) is 7.05. The van der Waals surface area contributed by atoms with Crippen LogP contribution in [0.25, 0.3) is 22.2 Å². The number of fused-ring (bicyclic) bond motifs is 1. The predicted octanol–water partition coefficient (Wildman–Crippen LogP) is 3.43. The monoisotopic (exact) mass is 398 g/mol. The molecule has 2 heterocycles. The molecule has 28 heavy (non-hydrogen) atoms. The minimum atomic E-state index is -3.33. The largest absolute Gasteiger partial charge is 0.346 e. The Bertz CT molecular complexity index is 1150. The number of amides is 1. The Balaban J connectivity index is 1.79. The second kappa shape index (κ2) is 6.94. The van der Waals surface area contributed by atoms with Gasteiger partial charge in [-0.3, -0.25) is 14.4 Å². The van der Waals surface area contributed by atoms with Gasteiger partial charge in [0.2, 0.25) is 16.4 Å². The van der Waals surface area contributed by atoms with Gasteiger partial charge in [0.25, 0.3) is 0 Å². The predicted molar refractivity (Wildman–Crippen MR) is 111 cm³/mol. The highest BCUT2D eigenvalue weighted by atomic mass is 32.2. The van der Waals surface area contributed by atoms with Crippen molar-refractivity contribution in [2.75, 3.05) is 15.4 Å². The van der Waals surface area contributed by atoms with Crippen LogP contribution in [-0.2, 0) is 14.8 Å². The van der Waals surface area contributed by atoms with Gasteiger partial charge in [0.15, 0.2) is 0 Å². The maximum Gasteiger partial charge on any atom is 0.232 e. The summed E-state index contributed by atoms with van der Waals surface area (Å²) in [5, 5.41) is 0.951. The Labute approximate surface area is 163 Å². The molecule has 0 spiro atoms. The number of carbonyl (C=O) groups excluding carboxylic acids is 1. The molecule has 0 radical (unpaired) electrons. The lowest BCUT2D eigenvalue weighted by molar-refractivity contribution is -0.107. The zero-order chi connectivity index (χ0) is 19.9. The van der Waals surface area contributed by atoms with Gasteiger partial charge in [-0.05, 0) is 67.6 Å². The highest BCUT2D eigenvalue weighted by molar-refractivity contribution is 7.92. The number of anilines is 2. The Morgan fingerprint density at radius 2 is 2.07 bits per heavy atom. The van der Waals surface area contributed by atoms with Crippen LogP contribution in [0.2, 0.25) is 0 Å². The topological polar surface area (TPSA) is 95.2 Å². The fourth-order valence-corrected chi connectivity index (χ4v) is 3.97. The molecule has 1 amide bonds. The third-order valence-corrected chi connectivity index (χ3v) is 6.31. The van der Waals surface area contributed by atoms with E-state index in [0.717, 1.165) is 41.3 Å². The molecule has 0 saturated heterocycles. The van der Waals surface area contributed by atoms with Crippen molar-refractivity contribution in [1.82, 2.24) is 9.97 Å². The summed E-state index contributed by atoms with van der Waals surface area (Å²) in [6.07, 6.45) is 4.64. The average Bonchev–Trinajstić information content (AvgIpc) is 3.39. The maximum atomic E-state index is 11.9. The third kappa shape index (κ3) is 3.47. The number of pyridine rings is 1. The highest BCUT2D eigenvalue weighted by Crippen LogP contribution is 2.36. The maximum absolute atomic E-state index is 11.9. The number of aryl methyl sites for hydroxylation is 1. The number of hydrogen-bond donors (Lipinski definition) is 2. The molecule has 8 heteroatoms. The van der Waals surface area contributed by atoms with Crippen LogP contribution in [0.15, 0.2) is 36.5 Å². The van der Waals surface area contributed by atoms with Gasteiger partial charge in [0.1, 0.15) is 11.5 Å². The minimum absolute atomic E-state index is 0.0224. The molecular formula is C20H22N4O3S. The zero-order valence-electron chi connectivity index (χ0n) is 15.8. The van der Waals surface area contributed by atoms with E-state index in [4.69, 9.17) is 0 Å². The van der Waals surface area contributed by atoms with E-state index >= 15 is 0 Å². The zero-order valence-corrected chi connectivity index (χ0v) is 16.6. The standard InChI is InChI=1S/C20H22N4O3S/c1-3-28(26,27)23-18-7-4-14(10-13(18)2)17-11-19(24(12-25)15-5-6-15)22-20-16(17)8-9-21-20/h4,7-12,15,23H,3,5-6H2,1-2H3,(H,21,22). The van der Waals surface area contributed by atoms with E-state index in [-0.39, 0.29) is 11.8 Å². The average molecular weight is 398 g/mol. The smallest absolute Gasteiger partial charge is 0.232 e. The normalized spacial score (nSPS) is 14.2. The first-order valence-corrected chi connectivity index (χ1v) is 10.9. The van der Waals surface area contributed by atoms with Crippen LogP contribution in [0.1, 0.15) is 25.3 Å². The number of rotatable bonds is 7. The van der Waals surface area contributed by atoms with Crippen LogP contribution in [0.3, 0.4) is 0 Å². The van der Waals surface area contributed by atoms with Crippen molar-refractivity contribution < 1.29 is 13.2 Å². The third-order valence-electron chi connectivity index (χ3n) is 5.02. The van der Waals surface area contributed by atoms with Crippen LogP contribution >= 0.6 is 0 Å². The summed E-state index contributed by atoms with van der Waals surface area (Å²) < 4.78 is 26.4. The molecule has 0 unspecified atom stereocenters. The first-order chi connectivity index (χ1) is 13.4. The highest BCUT2D eigenvalue weighted by Gasteiger charge is 2.30. The summed E-state index contributed by atoms with van der Waals surface area (Å²) in [6, 6.07) is 9.70. The molecule has 4 rings (SSSR count). The van der Waals surface area contributed by atoms with Gasteiger partial charge in [-0.1, -0.05) is 6.07 Å². The molecule has 1 aliphatic carbocycles. The van der Waals surface area contributed by atoms with E-state index in [1.165, 1.54) is 0 Å². The van der Waals surface area contributed by atoms with E-state index < -0.39 is 10.0 Å². The van der Waals surface area contributed by atoms with Crippen molar-refractivity contribution >= 4 is 39.0 Å². The number of nitrogens with zero attached hydrogens (tertiary/aromatic N) is 2. The summed E-state index contributed by atoms with van der Waals surface area (Å²) in [6.45, 7) is 3.47. The van der Waals surface area contributed by atoms with Crippen molar-refractivity contribution in [3.8, 4) is 11.1 Å². The molecule has 146 valence electrons. The molecule has 1 aliphatic rings. The summed E-state index contributed by atoms with van der Waals surface area (Å²) in [5.41, 5.74) is 3.99. The molecule has 0 atom stereocenters. The van der Waals surface area contributed by atoms with E-state index in [2.05, 4.69) is 14.7 Å². The van der Waals surface area contributed by atoms with Gasteiger partial charge in [0.05, 0.1) is 11.4 Å². The number of aromatic amines is 1. The summed E-state index contributed by atoms with van der Waals surface area (Å²) in [4.78, 5) is 21.0. The van der Waals surface area contributed by atoms with Gasteiger partial charge >= 0.3 is 0 Å². The van der Waals surface area contributed by atoms with E-state index in [1.54, 1.807) is 17.9 Å². The minimum Gasteiger partial charge on any atom is -0.346 e. The van der Waals surface area contributed by atoms with Crippen molar-refractivity contribution in [1.29, 1.82) is 0 Å². The lowest BCUT2D eigenvalue weighted by atomic mass is 10.0. The van der Waals surface area contributed by atoms with E-state index in [0.29, 0.717) is 17.2 Å². The van der Waals surface area contributed by atoms with Gasteiger partial charge in [-0.2, -0.15) is 0 Å². The molecule has 0 aliphatic heterocycles. The molecule has 2 aromatic heterocycles. The Hall–Kier alpha value is -2.87. The first kappa shape index (κ1) is 18.5. The van der Waals surface area contributed by atoms with Crippen LogP contribution in [-0.4, -0.2) is 36.6 Å². The van der Waals surface area contributed by atoms with Crippen molar-refractivity contribution in [3.05, 3.63) is 42.1 Å². The lowest BCUT2D eigenvalue weighted by Crippen LogP contribution is -2.24. The molecular weight excluding hydrogens is 376 g/mol. The van der Waals surface area contributed by atoms with Crippen LogP contribution in [0, 0.1) is 6.92 Å². The molecule has 1 fully saturated rings. The van der Waals surface area contributed by atoms with Crippen molar-refractivity contribution in [3.63, 3.8) is 0 Å². The van der Waals surface area contributed by atoms with E-state index in [1.807, 2.05) is 37.4 Å². The summed E-state index contributed by atoms with van der Waals surface area (Å²) in [5.74, 6) is 0.644. The van der Waals surface area contributed by atoms with Gasteiger partial charge in [-0.25, -0.2) is 13.4 Å². The number of sulfonamides is 1. The molecule has 7 nitrogen and oxygen atoms in total. The first-order valence-electron chi connectivity index (χ1n) is 9.25. The Morgan fingerprint density at radius 1 is 1.29 bits per heavy atom. The molecule has 1 saturated carbocycles. The van der Waals surface area contributed by atoms with Gasteiger partial charge < -0.3 is 4.98 Å². The molecule has 0 bridgehead atoms. The number of carbonyl (C=O) groups is 1. The number of benzene rings is 1. The fraction of sp³-hybridized carbons (Fsp3) is 0.300. The SMILES string of the molecule is CCS(=O)(=O)Nc1ccc(-c2cc(N(C=O)C3CC3)nc3[nH]ccc23)cc1C. The molecule has 2 N–H and O–H groups in total. The number of aromatic nitrogens is 2. The molecule has 1 aromatic carbocycles.